The molecule has 0 spiro atoms. The number of hydrogen-bond donors (Lipinski definition) is 1. The Morgan fingerprint density at radius 3 is 2.85 bits per heavy atom. The maximum Gasteiger partial charge on any atom is 0.356 e. The van der Waals surface area contributed by atoms with Crippen LogP contribution >= 0.6 is 11.6 Å². The molecule has 1 aliphatic carbocycles. The number of rotatable bonds is 2. The molecule has 104 valence electrons. The van der Waals surface area contributed by atoms with Crippen molar-refractivity contribution in [3.05, 3.63) is 46.0 Å². The van der Waals surface area contributed by atoms with E-state index in [4.69, 9.17) is 11.6 Å². The highest BCUT2D eigenvalue weighted by molar-refractivity contribution is 6.30. The molecule has 1 heterocycles. The smallest absolute Gasteiger partial charge is 0.356 e. The van der Waals surface area contributed by atoms with Crippen molar-refractivity contribution < 1.29 is 14.3 Å². The molecule has 1 aromatic carbocycles. The summed E-state index contributed by atoms with van der Waals surface area (Å²) in [5, 5.41) is 13.7. The molecule has 0 atom stereocenters. The third-order valence-corrected chi connectivity index (χ3v) is 3.75. The highest BCUT2D eigenvalue weighted by Crippen LogP contribution is 2.28. The fourth-order valence-electron chi connectivity index (χ4n) is 2.62. The van der Waals surface area contributed by atoms with Crippen molar-refractivity contribution in [2.45, 2.75) is 25.7 Å². The lowest BCUT2D eigenvalue weighted by Gasteiger charge is -2.14. The lowest BCUT2D eigenvalue weighted by atomic mass is 9.95. The van der Waals surface area contributed by atoms with Crippen LogP contribution in [0.3, 0.4) is 0 Å². The molecule has 0 unspecified atom stereocenters. The Morgan fingerprint density at radius 2 is 2.10 bits per heavy atom. The van der Waals surface area contributed by atoms with Crippen LogP contribution in [0.5, 0.6) is 0 Å². The Kier molecular flexibility index (Phi) is 3.22. The summed E-state index contributed by atoms with van der Waals surface area (Å²) in [7, 11) is 0. The van der Waals surface area contributed by atoms with Crippen LogP contribution in [0.25, 0.3) is 5.69 Å². The van der Waals surface area contributed by atoms with Crippen LogP contribution in [0.15, 0.2) is 18.2 Å². The number of aromatic carboxylic acids is 1. The van der Waals surface area contributed by atoms with Crippen LogP contribution in [0.1, 0.15) is 34.6 Å². The number of halogens is 2. The van der Waals surface area contributed by atoms with Gasteiger partial charge in [-0.05, 0) is 43.9 Å². The van der Waals surface area contributed by atoms with Gasteiger partial charge in [0.2, 0.25) is 0 Å². The molecule has 0 bridgehead atoms. The second-order valence-electron chi connectivity index (χ2n) is 4.79. The first-order valence-corrected chi connectivity index (χ1v) is 6.75. The van der Waals surface area contributed by atoms with Crippen LogP contribution in [-0.4, -0.2) is 20.9 Å². The van der Waals surface area contributed by atoms with Gasteiger partial charge in [0, 0.05) is 16.3 Å². The van der Waals surface area contributed by atoms with Gasteiger partial charge in [0.15, 0.2) is 5.69 Å². The van der Waals surface area contributed by atoms with E-state index in [2.05, 4.69) is 5.10 Å². The van der Waals surface area contributed by atoms with Crippen LogP contribution in [0.2, 0.25) is 5.02 Å². The molecule has 6 heteroatoms. The summed E-state index contributed by atoms with van der Waals surface area (Å²) in [6.07, 6.45) is 3.23. The van der Waals surface area contributed by atoms with Gasteiger partial charge in [-0.2, -0.15) is 5.10 Å². The van der Waals surface area contributed by atoms with E-state index < -0.39 is 11.8 Å². The van der Waals surface area contributed by atoms with E-state index in [-0.39, 0.29) is 11.4 Å². The Hall–Kier alpha value is -1.88. The van der Waals surface area contributed by atoms with Crippen molar-refractivity contribution in [1.29, 1.82) is 0 Å². The number of hydrogen-bond acceptors (Lipinski definition) is 2. The van der Waals surface area contributed by atoms with Crippen LogP contribution in [0, 0.1) is 5.82 Å². The van der Waals surface area contributed by atoms with Crippen molar-refractivity contribution in [3.63, 3.8) is 0 Å². The second-order valence-corrected chi connectivity index (χ2v) is 5.23. The number of carbonyl (C=O) groups is 1. The Balaban J connectivity index is 2.23. The highest BCUT2D eigenvalue weighted by Gasteiger charge is 2.26. The maximum absolute atomic E-state index is 14.0. The number of fused-ring (bicyclic) bond motifs is 1. The van der Waals surface area contributed by atoms with E-state index >= 15 is 0 Å². The molecule has 20 heavy (non-hydrogen) atoms. The van der Waals surface area contributed by atoms with Crippen molar-refractivity contribution in [3.8, 4) is 5.69 Å². The number of carboxylic acid groups (broad SMARTS) is 1. The summed E-state index contributed by atoms with van der Waals surface area (Å²) >= 11 is 5.90. The molecule has 4 nitrogen and oxygen atoms in total. The summed E-state index contributed by atoms with van der Waals surface area (Å²) in [5.74, 6) is -1.55. The Morgan fingerprint density at radius 1 is 1.35 bits per heavy atom. The summed E-state index contributed by atoms with van der Waals surface area (Å²) in [5.41, 5.74) is 1.69. The van der Waals surface area contributed by atoms with Gasteiger partial charge >= 0.3 is 5.97 Å². The molecule has 0 amide bonds. The van der Waals surface area contributed by atoms with E-state index in [1.165, 1.54) is 22.9 Å². The first-order chi connectivity index (χ1) is 9.58. The Bertz CT molecular complexity index is 697. The largest absolute Gasteiger partial charge is 0.476 e. The quantitative estimate of drug-likeness (QED) is 0.925. The molecule has 1 N–H and O–H groups in total. The van der Waals surface area contributed by atoms with Gasteiger partial charge in [-0.3, -0.25) is 0 Å². The zero-order valence-corrected chi connectivity index (χ0v) is 11.3. The first-order valence-electron chi connectivity index (χ1n) is 6.37. The normalized spacial score (nSPS) is 14.1. The topological polar surface area (TPSA) is 55.1 Å². The molecule has 0 aliphatic heterocycles. The third kappa shape index (κ3) is 2.08. The molecule has 1 aromatic heterocycles. The molecule has 0 radical (unpaired) electrons. The van der Waals surface area contributed by atoms with Gasteiger partial charge in [-0.15, -0.1) is 0 Å². The van der Waals surface area contributed by atoms with Gasteiger partial charge < -0.3 is 5.11 Å². The molecular formula is C14H12ClFN2O2. The van der Waals surface area contributed by atoms with E-state index in [1.807, 2.05) is 0 Å². The van der Waals surface area contributed by atoms with E-state index in [0.29, 0.717) is 23.4 Å². The molecule has 3 rings (SSSR count). The first kappa shape index (κ1) is 13.1. The molecule has 0 saturated carbocycles. The lowest BCUT2D eigenvalue weighted by molar-refractivity contribution is 0.0688. The van der Waals surface area contributed by atoms with Crippen LogP contribution in [0.4, 0.5) is 4.39 Å². The highest BCUT2D eigenvalue weighted by atomic mass is 35.5. The van der Waals surface area contributed by atoms with Crippen LogP contribution in [-0.2, 0) is 12.8 Å². The fourth-order valence-corrected chi connectivity index (χ4v) is 2.78. The van der Waals surface area contributed by atoms with E-state index in [9.17, 15) is 14.3 Å². The third-order valence-electron chi connectivity index (χ3n) is 3.52. The predicted molar refractivity (Wildman–Crippen MR) is 72.1 cm³/mol. The summed E-state index contributed by atoms with van der Waals surface area (Å²) in [4.78, 5) is 11.3. The van der Waals surface area contributed by atoms with Gasteiger partial charge in [0.25, 0.3) is 0 Å². The van der Waals surface area contributed by atoms with Crippen molar-refractivity contribution in [2.24, 2.45) is 0 Å². The van der Waals surface area contributed by atoms with Gasteiger partial charge in [0.05, 0.1) is 0 Å². The SMILES string of the molecule is O=C(O)c1nn(-c2cc(Cl)ccc2F)c2c1CCCC2. The second kappa shape index (κ2) is 4.90. The van der Waals surface area contributed by atoms with Gasteiger partial charge in [-0.1, -0.05) is 11.6 Å². The summed E-state index contributed by atoms with van der Waals surface area (Å²) in [6, 6.07) is 4.17. The average Bonchev–Trinajstić information content (AvgIpc) is 2.81. The molecule has 2 aromatic rings. The van der Waals surface area contributed by atoms with Crippen LogP contribution < -0.4 is 0 Å². The summed E-state index contributed by atoms with van der Waals surface area (Å²) < 4.78 is 15.4. The number of carboxylic acids is 1. The Labute approximate surface area is 119 Å². The maximum atomic E-state index is 14.0. The summed E-state index contributed by atoms with van der Waals surface area (Å²) in [6.45, 7) is 0. The fraction of sp³-hybridized carbons (Fsp3) is 0.286. The van der Waals surface area contributed by atoms with E-state index in [1.54, 1.807) is 0 Å². The predicted octanol–water partition coefficient (Wildman–Crippen LogP) is 3.24. The zero-order chi connectivity index (χ0) is 14.3. The monoisotopic (exact) mass is 294 g/mol. The lowest BCUT2D eigenvalue weighted by Crippen LogP contribution is -2.09. The van der Waals surface area contributed by atoms with E-state index in [0.717, 1.165) is 18.5 Å². The standard InChI is InChI=1S/C14H12ClFN2O2/c15-8-5-6-10(16)12(7-8)18-11-4-2-1-3-9(11)13(17-18)14(19)20/h5-7H,1-4H2,(H,19,20). The molecular weight excluding hydrogens is 283 g/mol. The zero-order valence-electron chi connectivity index (χ0n) is 10.6. The minimum Gasteiger partial charge on any atom is -0.476 e. The van der Waals surface area contributed by atoms with Gasteiger partial charge in [0.1, 0.15) is 11.5 Å². The minimum atomic E-state index is -1.08. The number of aromatic nitrogens is 2. The van der Waals surface area contributed by atoms with Crippen molar-refractivity contribution in [2.75, 3.05) is 0 Å². The molecule has 0 saturated heterocycles. The minimum absolute atomic E-state index is 0.0130. The van der Waals surface area contributed by atoms with Crippen molar-refractivity contribution in [1.82, 2.24) is 9.78 Å². The number of nitrogens with zero attached hydrogens (tertiary/aromatic N) is 2. The van der Waals surface area contributed by atoms with Gasteiger partial charge in [-0.25, -0.2) is 13.9 Å². The van der Waals surface area contributed by atoms with Crippen molar-refractivity contribution >= 4 is 17.6 Å². The molecule has 0 fully saturated rings. The average molecular weight is 295 g/mol. The molecule has 1 aliphatic rings. The number of benzene rings is 1.